The lowest BCUT2D eigenvalue weighted by atomic mass is 9.98. The van der Waals surface area contributed by atoms with Crippen LogP contribution in [0.15, 0.2) is 121 Å². The first kappa shape index (κ1) is 35.2. The van der Waals surface area contributed by atoms with Gasteiger partial charge in [-0.2, -0.15) is 0 Å². The molecule has 2 aliphatic heterocycles. The second-order valence-corrected chi connectivity index (χ2v) is 12.2. The summed E-state index contributed by atoms with van der Waals surface area (Å²) in [7, 11) is 0. The lowest BCUT2D eigenvalue weighted by Gasteiger charge is -2.42. The molecule has 0 saturated carbocycles. The summed E-state index contributed by atoms with van der Waals surface area (Å²) in [4.78, 5) is 25.2. The standard InChI is InChI=1S/C39H42N2O9/c1-39(41-33(42)22-40-38(43)47-26-31-20-12-5-13-21-31)49-36-35(46-25-30-18-10-4-11-19-30)34(45-24-29-16-8-3-9-17-29)32(48-37(36)50-39)27-44-23-28-14-6-2-7-15-28/h2-21,32,34-37H,22-27H2,1H3,(H,40,43)(H,41,42)/t32?,34-,35?,36?,37-,39?/m1/s1. The fourth-order valence-corrected chi connectivity index (χ4v) is 5.82. The smallest absolute Gasteiger partial charge is 0.407 e. The van der Waals surface area contributed by atoms with Crippen LogP contribution < -0.4 is 10.6 Å². The molecule has 0 aliphatic carbocycles. The van der Waals surface area contributed by atoms with Crippen LogP contribution in [0.3, 0.4) is 0 Å². The van der Waals surface area contributed by atoms with E-state index in [9.17, 15) is 9.59 Å². The van der Waals surface area contributed by atoms with Crippen LogP contribution in [-0.2, 0) is 64.4 Å². The van der Waals surface area contributed by atoms with Crippen molar-refractivity contribution in [2.75, 3.05) is 13.2 Å². The number of ether oxygens (including phenoxy) is 7. The first-order valence-electron chi connectivity index (χ1n) is 16.6. The van der Waals surface area contributed by atoms with Crippen molar-refractivity contribution < 1.29 is 42.7 Å². The molecule has 50 heavy (non-hydrogen) atoms. The zero-order valence-corrected chi connectivity index (χ0v) is 27.9. The monoisotopic (exact) mass is 682 g/mol. The van der Waals surface area contributed by atoms with E-state index in [1.54, 1.807) is 6.92 Å². The van der Waals surface area contributed by atoms with Gasteiger partial charge in [0.25, 0.3) is 5.91 Å². The molecule has 262 valence electrons. The molecule has 11 nitrogen and oxygen atoms in total. The Morgan fingerprint density at radius 3 is 1.72 bits per heavy atom. The van der Waals surface area contributed by atoms with Gasteiger partial charge in [-0.05, 0) is 22.3 Å². The van der Waals surface area contributed by atoms with Crippen molar-refractivity contribution in [3.63, 3.8) is 0 Å². The molecule has 4 unspecified atom stereocenters. The third-order valence-electron chi connectivity index (χ3n) is 8.23. The Morgan fingerprint density at radius 1 is 0.660 bits per heavy atom. The van der Waals surface area contributed by atoms with Gasteiger partial charge in [-0.25, -0.2) is 4.79 Å². The molecule has 2 fully saturated rings. The van der Waals surface area contributed by atoms with Crippen LogP contribution in [0.1, 0.15) is 29.2 Å². The highest BCUT2D eigenvalue weighted by Crippen LogP contribution is 2.38. The molecule has 0 aromatic heterocycles. The normalized spacial score (nSPS) is 24.2. The van der Waals surface area contributed by atoms with E-state index in [4.69, 9.17) is 33.2 Å². The number of hydrogen-bond donors (Lipinski definition) is 2. The summed E-state index contributed by atoms with van der Waals surface area (Å²) >= 11 is 0. The van der Waals surface area contributed by atoms with Crippen molar-refractivity contribution in [3.05, 3.63) is 144 Å². The quantitative estimate of drug-likeness (QED) is 0.174. The van der Waals surface area contributed by atoms with Crippen molar-refractivity contribution in [2.24, 2.45) is 0 Å². The van der Waals surface area contributed by atoms with Crippen LogP contribution in [-0.4, -0.2) is 61.8 Å². The highest BCUT2D eigenvalue weighted by molar-refractivity contribution is 5.82. The molecule has 2 heterocycles. The molecule has 6 rings (SSSR count). The number of fused-ring (bicyclic) bond motifs is 1. The van der Waals surface area contributed by atoms with E-state index in [1.807, 2.05) is 121 Å². The summed E-state index contributed by atoms with van der Waals surface area (Å²) in [6.45, 7) is 2.43. The molecule has 2 aliphatic rings. The average Bonchev–Trinajstić information content (AvgIpc) is 3.48. The molecule has 2 amide bonds. The second kappa shape index (κ2) is 17.3. The number of rotatable bonds is 15. The SMILES string of the molecule is CC1(NC(=O)CNC(=O)OCc2ccccc2)OC2C(OCc3ccccc3)[C@H](OCc3ccccc3)C(COCc3ccccc3)O[C@@H]2O1. The van der Waals surface area contributed by atoms with E-state index in [1.165, 1.54) is 0 Å². The zero-order chi connectivity index (χ0) is 34.6. The number of benzene rings is 4. The molecule has 0 radical (unpaired) electrons. The molecular weight excluding hydrogens is 640 g/mol. The van der Waals surface area contributed by atoms with Crippen molar-refractivity contribution >= 4 is 12.0 Å². The van der Waals surface area contributed by atoms with E-state index >= 15 is 0 Å². The van der Waals surface area contributed by atoms with E-state index in [2.05, 4.69) is 10.6 Å². The Bertz CT molecular complexity index is 1630. The number of amides is 2. The summed E-state index contributed by atoms with van der Waals surface area (Å²) in [5.74, 6) is -2.15. The minimum absolute atomic E-state index is 0.0764. The van der Waals surface area contributed by atoms with Gasteiger partial charge >= 0.3 is 6.09 Å². The molecule has 0 bridgehead atoms. The highest BCUT2D eigenvalue weighted by atomic mass is 16.9. The van der Waals surface area contributed by atoms with Crippen molar-refractivity contribution in [3.8, 4) is 0 Å². The Morgan fingerprint density at radius 2 is 1.16 bits per heavy atom. The van der Waals surface area contributed by atoms with Crippen LogP contribution in [0.5, 0.6) is 0 Å². The van der Waals surface area contributed by atoms with Gasteiger partial charge in [0, 0.05) is 6.92 Å². The summed E-state index contributed by atoms with van der Waals surface area (Å²) in [6, 6.07) is 38.7. The Balaban J connectivity index is 1.14. The minimum Gasteiger partial charge on any atom is -0.445 e. The predicted molar refractivity (Wildman–Crippen MR) is 182 cm³/mol. The van der Waals surface area contributed by atoms with Gasteiger partial charge in [0.05, 0.1) is 26.4 Å². The first-order chi connectivity index (χ1) is 24.4. The molecule has 6 atom stereocenters. The van der Waals surface area contributed by atoms with Gasteiger partial charge in [-0.1, -0.05) is 121 Å². The summed E-state index contributed by atoms with van der Waals surface area (Å²) < 4.78 is 43.5. The molecule has 4 aromatic carbocycles. The van der Waals surface area contributed by atoms with Gasteiger partial charge in [0.15, 0.2) is 6.29 Å². The van der Waals surface area contributed by atoms with E-state index in [0.29, 0.717) is 13.2 Å². The topological polar surface area (TPSA) is 123 Å². The Labute approximate surface area is 291 Å². The Kier molecular flexibility index (Phi) is 12.2. The van der Waals surface area contributed by atoms with Gasteiger partial charge in [0.2, 0.25) is 5.91 Å². The molecule has 2 N–H and O–H groups in total. The average molecular weight is 683 g/mol. The van der Waals surface area contributed by atoms with Crippen molar-refractivity contribution in [1.82, 2.24) is 10.6 Å². The van der Waals surface area contributed by atoms with Gasteiger partial charge in [-0.15, -0.1) is 0 Å². The summed E-state index contributed by atoms with van der Waals surface area (Å²) in [5.41, 5.74) is 3.80. The summed E-state index contributed by atoms with van der Waals surface area (Å²) in [5, 5.41) is 5.19. The lowest BCUT2D eigenvalue weighted by Crippen LogP contribution is -2.59. The Hall–Kier alpha value is -4.62. The molecule has 4 aromatic rings. The fourth-order valence-electron chi connectivity index (χ4n) is 5.82. The van der Waals surface area contributed by atoms with Gasteiger partial charge in [-0.3, -0.25) is 4.79 Å². The number of hydrogen-bond acceptors (Lipinski definition) is 9. The fraction of sp³-hybridized carbons (Fsp3) is 0.333. The largest absolute Gasteiger partial charge is 0.445 e. The van der Waals surface area contributed by atoms with Crippen molar-refractivity contribution in [2.45, 2.75) is 70.0 Å². The van der Waals surface area contributed by atoms with Crippen molar-refractivity contribution in [1.29, 1.82) is 0 Å². The molecule has 2 saturated heterocycles. The van der Waals surface area contributed by atoms with Gasteiger partial charge in [0.1, 0.15) is 37.6 Å². The van der Waals surface area contributed by atoms with E-state index in [0.717, 1.165) is 22.3 Å². The zero-order valence-electron chi connectivity index (χ0n) is 27.9. The minimum atomic E-state index is -1.60. The maximum atomic E-state index is 13.0. The maximum Gasteiger partial charge on any atom is 0.407 e. The predicted octanol–water partition coefficient (Wildman–Crippen LogP) is 5.23. The number of alkyl carbamates (subject to hydrolysis) is 1. The number of nitrogens with one attached hydrogen (secondary N) is 2. The van der Waals surface area contributed by atoms with Crippen LogP contribution in [0.25, 0.3) is 0 Å². The van der Waals surface area contributed by atoms with E-state index in [-0.39, 0.29) is 26.4 Å². The number of carbonyl (C=O) groups is 2. The maximum absolute atomic E-state index is 13.0. The molecule has 0 spiro atoms. The number of carbonyl (C=O) groups excluding carboxylic acids is 2. The van der Waals surface area contributed by atoms with E-state index < -0.39 is 48.6 Å². The third kappa shape index (κ3) is 9.97. The second-order valence-electron chi connectivity index (χ2n) is 12.2. The highest BCUT2D eigenvalue weighted by Gasteiger charge is 2.57. The summed E-state index contributed by atoms with van der Waals surface area (Å²) in [6.07, 6.45) is -4.34. The molecule has 11 heteroatoms. The van der Waals surface area contributed by atoms with Crippen LogP contribution >= 0.6 is 0 Å². The molecular formula is C39H42N2O9. The first-order valence-corrected chi connectivity index (χ1v) is 16.6. The van der Waals surface area contributed by atoms with Gasteiger partial charge < -0.3 is 43.8 Å². The van der Waals surface area contributed by atoms with Crippen LogP contribution in [0.4, 0.5) is 4.79 Å². The lowest BCUT2D eigenvalue weighted by molar-refractivity contribution is -0.280. The van der Waals surface area contributed by atoms with Crippen LogP contribution in [0, 0.1) is 0 Å². The van der Waals surface area contributed by atoms with Crippen LogP contribution in [0.2, 0.25) is 0 Å². The third-order valence-corrected chi connectivity index (χ3v) is 8.23.